The molecule has 3 nitrogen and oxygen atoms in total. The molecule has 0 saturated heterocycles. The molecular weight excluding hydrogens is 307 g/mol. The normalized spacial score (nSPS) is 29.4. The van der Waals surface area contributed by atoms with E-state index in [0.717, 1.165) is 12.8 Å². The Hall–Kier alpha value is -0.360. The van der Waals surface area contributed by atoms with Gasteiger partial charge in [0.05, 0.1) is 18.6 Å². The van der Waals surface area contributed by atoms with Crippen molar-refractivity contribution in [1.29, 1.82) is 0 Å². The van der Waals surface area contributed by atoms with Crippen LogP contribution in [0, 0.1) is 5.92 Å². The van der Waals surface area contributed by atoms with E-state index in [0.29, 0.717) is 13.0 Å². The lowest BCUT2D eigenvalue weighted by Crippen LogP contribution is -2.08. The van der Waals surface area contributed by atoms with Crippen molar-refractivity contribution in [3.8, 4) is 0 Å². The smallest absolute Gasteiger partial charge is 0.309 e. The lowest BCUT2D eigenvalue weighted by atomic mass is 10.1. The minimum atomic E-state index is -0.730. The molecular formula is C11H13IO3. The van der Waals surface area contributed by atoms with E-state index < -0.39 is 5.97 Å². The van der Waals surface area contributed by atoms with Gasteiger partial charge < -0.3 is 9.84 Å². The zero-order valence-corrected chi connectivity index (χ0v) is 10.4. The van der Waals surface area contributed by atoms with Crippen LogP contribution in [0.4, 0.5) is 0 Å². The van der Waals surface area contributed by atoms with Crippen LogP contribution in [0.1, 0.15) is 19.3 Å². The summed E-state index contributed by atoms with van der Waals surface area (Å²) in [5.41, 5.74) is 1.27. The number of carboxylic acid groups (broad SMARTS) is 1. The van der Waals surface area contributed by atoms with Gasteiger partial charge >= 0.3 is 5.97 Å². The number of aliphatic carboxylic acids is 1. The van der Waals surface area contributed by atoms with Crippen LogP contribution in [0.25, 0.3) is 0 Å². The fraction of sp³-hybridized carbons (Fsp3) is 0.545. The van der Waals surface area contributed by atoms with E-state index in [1.807, 2.05) is 0 Å². The molecule has 0 aromatic carbocycles. The first kappa shape index (κ1) is 11.1. The van der Waals surface area contributed by atoms with E-state index in [9.17, 15) is 4.79 Å². The Morgan fingerprint density at radius 3 is 2.87 bits per heavy atom. The number of allylic oxidation sites excluding steroid dienone is 3. The van der Waals surface area contributed by atoms with Crippen molar-refractivity contribution in [3.05, 3.63) is 21.3 Å². The van der Waals surface area contributed by atoms with Crippen LogP contribution in [0.3, 0.4) is 0 Å². The quantitative estimate of drug-likeness (QED) is 0.810. The van der Waals surface area contributed by atoms with Gasteiger partial charge in [-0.3, -0.25) is 4.79 Å². The minimum Gasteiger partial charge on any atom is -0.481 e. The van der Waals surface area contributed by atoms with Crippen LogP contribution in [-0.4, -0.2) is 23.8 Å². The second-order valence-electron chi connectivity index (χ2n) is 3.97. The Bertz CT molecular complexity index is 333. The van der Waals surface area contributed by atoms with Crippen molar-refractivity contribution in [3.63, 3.8) is 0 Å². The molecule has 1 N–H and O–H groups in total. The van der Waals surface area contributed by atoms with Crippen LogP contribution in [0.5, 0.6) is 0 Å². The SMILES string of the molecule is O=C(O)C1CC1OCC1=CC=C(I)CC1. The fourth-order valence-electron chi connectivity index (χ4n) is 1.61. The number of carbonyl (C=O) groups is 1. The summed E-state index contributed by atoms with van der Waals surface area (Å²) < 4.78 is 6.89. The third kappa shape index (κ3) is 3.04. The van der Waals surface area contributed by atoms with Gasteiger partial charge in [0.25, 0.3) is 0 Å². The number of carboxylic acids is 1. The second-order valence-corrected chi connectivity index (χ2v) is 5.35. The summed E-state index contributed by atoms with van der Waals surface area (Å²) in [4.78, 5) is 10.6. The summed E-state index contributed by atoms with van der Waals surface area (Å²) >= 11 is 2.33. The molecule has 1 fully saturated rings. The molecule has 1 saturated carbocycles. The second kappa shape index (κ2) is 4.65. The average molecular weight is 320 g/mol. The first-order valence-electron chi connectivity index (χ1n) is 5.05. The maximum absolute atomic E-state index is 10.6. The van der Waals surface area contributed by atoms with Gasteiger partial charge in [0.1, 0.15) is 0 Å². The topological polar surface area (TPSA) is 46.5 Å². The average Bonchev–Trinajstić information content (AvgIpc) is 2.96. The molecule has 82 valence electrons. The summed E-state index contributed by atoms with van der Waals surface area (Å²) in [6.45, 7) is 0.592. The van der Waals surface area contributed by atoms with Crippen molar-refractivity contribution in [2.24, 2.45) is 5.92 Å². The van der Waals surface area contributed by atoms with Crippen LogP contribution in [0.2, 0.25) is 0 Å². The summed E-state index contributed by atoms with van der Waals surface area (Å²) in [6, 6.07) is 0. The van der Waals surface area contributed by atoms with Gasteiger partial charge in [0, 0.05) is 0 Å². The number of hydrogen-bond acceptors (Lipinski definition) is 2. The number of rotatable bonds is 4. The molecule has 4 heteroatoms. The highest BCUT2D eigenvalue weighted by Crippen LogP contribution is 2.34. The molecule has 0 aromatic heterocycles. The first-order chi connectivity index (χ1) is 7.16. The van der Waals surface area contributed by atoms with Crippen LogP contribution in [-0.2, 0) is 9.53 Å². The standard InChI is InChI=1S/C11H13IO3/c12-8-3-1-7(2-4-8)6-15-10-5-9(10)11(13)14/h1,3,9-10H,2,4-6H2,(H,13,14). The van der Waals surface area contributed by atoms with E-state index in [1.165, 1.54) is 9.15 Å². The molecule has 0 radical (unpaired) electrons. The Morgan fingerprint density at radius 1 is 1.53 bits per heavy atom. The highest BCUT2D eigenvalue weighted by molar-refractivity contribution is 14.1. The van der Waals surface area contributed by atoms with E-state index in [4.69, 9.17) is 9.84 Å². The van der Waals surface area contributed by atoms with Gasteiger partial charge in [-0.1, -0.05) is 12.2 Å². The van der Waals surface area contributed by atoms with Crippen molar-refractivity contribution in [2.75, 3.05) is 6.61 Å². The Balaban J connectivity index is 1.74. The highest BCUT2D eigenvalue weighted by atomic mass is 127. The third-order valence-corrected chi connectivity index (χ3v) is 3.62. The van der Waals surface area contributed by atoms with Gasteiger partial charge in [-0.2, -0.15) is 0 Å². The number of hydrogen-bond donors (Lipinski definition) is 1. The minimum absolute atomic E-state index is 0.0478. The van der Waals surface area contributed by atoms with Gasteiger partial charge in [-0.15, -0.1) is 0 Å². The van der Waals surface area contributed by atoms with Gasteiger partial charge in [-0.25, -0.2) is 0 Å². The fourth-order valence-corrected chi connectivity index (χ4v) is 2.05. The molecule has 2 atom stereocenters. The van der Waals surface area contributed by atoms with Crippen molar-refractivity contribution in [1.82, 2.24) is 0 Å². The summed E-state index contributed by atoms with van der Waals surface area (Å²) in [7, 11) is 0. The summed E-state index contributed by atoms with van der Waals surface area (Å²) in [5, 5.41) is 8.69. The molecule has 2 aliphatic rings. The molecule has 0 bridgehead atoms. The van der Waals surface area contributed by atoms with Crippen LogP contribution in [0.15, 0.2) is 21.3 Å². The molecule has 0 spiro atoms. The van der Waals surface area contributed by atoms with Gasteiger partial charge in [0.15, 0.2) is 0 Å². The lowest BCUT2D eigenvalue weighted by Gasteiger charge is -2.11. The van der Waals surface area contributed by atoms with Crippen molar-refractivity contribution >= 4 is 28.6 Å². The predicted octanol–water partition coefficient (Wildman–Crippen LogP) is 2.52. The zero-order chi connectivity index (χ0) is 10.8. The largest absolute Gasteiger partial charge is 0.481 e. The lowest BCUT2D eigenvalue weighted by molar-refractivity contribution is -0.139. The molecule has 0 aliphatic heterocycles. The molecule has 0 heterocycles. The van der Waals surface area contributed by atoms with Crippen LogP contribution >= 0.6 is 22.6 Å². The third-order valence-electron chi connectivity index (χ3n) is 2.72. The zero-order valence-electron chi connectivity index (χ0n) is 8.28. The molecule has 2 rings (SSSR count). The number of ether oxygens (including phenoxy) is 1. The monoisotopic (exact) mass is 320 g/mol. The van der Waals surface area contributed by atoms with Crippen molar-refractivity contribution in [2.45, 2.75) is 25.4 Å². The van der Waals surface area contributed by atoms with Crippen LogP contribution < -0.4 is 0 Å². The molecule has 2 unspecified atom stereocenters. The summed E-state index contributed by atoms with van der Waals surface area (Å²) in [6.07, 6.45) is 6.94. The Labute approximate surface area is 102 Å². The van der Waals surface area contributed by atoms with E-state index in [-0.39, 0.29) is 12.0 Å². The Kier molecular flexibility index (Phi) is 3.45. The maximum atomic E-state index is 10.6. The van der Waals surface area contributed by atoms with Gasteiger partial charge in [0.2, 0.25) is 0 Å². The van der Waals surface area contributed by atoms with Gasteiger partial charge in [-0.05, 0) is 51.0 Å². The molecule has 0 aromatic rings. The highest BCUT2D eigenvalue weighted by Gasteiger charge is 2.44. The first-order valence-corrected chi connectivity index (χ1v) is 6.13. The molecule has 15 heavy (non-hydrogen) atoms. The predicted molar refractivity (Wildman–Crippen MR) is 64.9 cm³/mol. The molecule has 2 aliphatic carbocycles. The number of halogens is 1. The maximum Gasteiger partial charge on any atom is 0.309 e. The van der Waals surface area contributed by atoms with E-state index in [1.54, 1.807) is 0 Å². The Morgan fingerprint density at radius 2 is 2.33 bits per heavy atom. The molecule has 0 amide bonds. The van der Waals surface area contributed by atoms with E-state index >= 15 is 0 Å². The van der Waals surface area contributed by atoms with E-state index in [2.05, 4.69) is 34.7 Å². The summed E-state index contributed by atoms with van der Waals surface area (Å²) in [5.74, 6) is -0.989. The van der Waals surface area contributed by atoms with Crippen molar-refractivity contribution < 1.29 is 14.6 Å².